The smallest absolute Gasteiger partial charge is 0.250 e. The first-order valence-corrected chi connectivity index (χ1v) is 7.83. The lowest BCUT2D eigenvalue weighted by atomic mass is 10.2. The lowest BCUT2D eigenvalue weighted by Gasteiger charge is -2.10. The van der Waals surface area contributed by atoms with Crippen LogP contribution in [0, 0.1) is 13.8 Å². The summed E-state index contributed by atoms with van der Waals surface area (Å²) in [5, 5.41) is 5.99. The quantitative estimate of drug-likeness (QED) is 0.840. The maximum Gasteiger partial charge on any atom is 0.250 e. The molecule has 24 heavy (non-hydrogen) atoms. The Bertz CT molecular complexity index is 747. The van der Waals surface area contributed by atoms with Crippen molar-refractivity contribution in [1.82, 2.24) is 0 Å². The van der Waals surface area contributed by atoms with Gasteiger partial charge in [0.25, 0.3) is 0 Å². The van der Waals surface area contributed by atoms with E-state index in [2.05, 4.69) is 10.6 Å². The molecule has 0 saturated heterocycles. The monoisotopic (exact) mass is 346 g/mol. The zero-order valence-electron chi connectivity index (χ0n) is 13.6. The van der Waals surface area contributed by atoms with Gasteiger partial charge in [-0.25, -0.2) is 0 Å². The maximum absolute atomic E-state index is 11.8. The number of amides is 2. The number of hydrogen-bond acceptors (Lipinski definition) is 3. The Labute approximate surface area is 146 Å². The van der Waals surface area contributed by atoms with E-state index in [4.69, 9.17) is 16.3 Å². The zero-order chi connectivity index (χ0) is 17.5. The van der Waals surface area contributed by atoms with Crippen LogP contribution in [-0.2, 0) is 14.3 Å². The van der Waals surface area contributed by atoms with Crippen molar-refractivity contribution < 1.29 is 14.3 Å². The number of halogens is 1. The molecule has 2 aromatic carbocycles. The van der Waals surface area contributed by atoms with Crippen molar-refractivity contribution in [3.8, 4) is 0 Å². The van der Waals surface area contributed by atoms with Gasteiger partial charge in [0.15, 0.2) is 0 Å². The minimum absolute atomic E-state index is 0.199. The zero-order valence-corrected chi connectivity index (χ0v) is 14.3. The van der Waals surface area contributed by atoms with Crippen molar-refractivity contribution in [1.29, 1.82) is 0 Å². The highest BCUT2D eigenvalue weighted by Gasteiger charge is 2.08. The summed E-state index contributed by atoms with van der Waals surface area (Å²) in [6.45, 7) is 3.34. The van der Waals surface area contributed by atoms with Crippen LogP contribution in [0.2, 0.25) is 5.02 Å². The summed E-state index contributed by atoms with van der Waals surface area (Å²) in [5.74, 6) is -0.656. The van der Waals surface area contributed by atoms with E-state index in [1.165, 1.54) is 0 Å². The van der Waals surface area contributed by atoms with Gasteiger partial charge in [0, 0.05) is 16.4 Å². The Morgan fingerprint density at radius 1 is 1.00 bits per heavy atom. The van der Waals surface area contributed by atoms with Gasteiger partial charge in [-0.3, -0.25) is 9.59 Å². The minimum atomic E-state index is -0.344. The third-order valence-corrected chi connectivity index (χ3v) is 3.72. The molecule has 2 amide bonds. The minimum Gasteiger partial charge on any atom is -0.362 e. The second-order valence-electron chi connectivity index (χ2n) is 5.37. The fourth-order valence-corrected chi connectivity index (χ4v) is 2.26. The van der Waals surface area contributed by atoms with Crippen LogP contribution in [0.3, 0.4) is 0 Å². The van der Waals surface area contributed by atoms with Gasteiger partial charge in [-0.05, 0) is 49.2 Å². The number of hydrogen-bond donors (Lipinski definition) is 2. The van der Waals surface area contributed by atoms with E-state index in [1.807, 2.05) is 32.0 Å². The Hall–Kier alpha value is -2.37. The predicted octanol–water partition coefficient (Wildman–Crippen LogP) is 3.55. The number of rotatable bonds is 6. The van der Waals surface area contributed by atoms with E-state index >= 15 is 0 Å². The van der Waals surface area contributed by atoms with Crippen LogP contribution < -0.4 is 10.6 Å². The highest BCUT2D eigenvalue weighted by Crippen LogP contribution is 2.22. The van der Waals surface area contributed by atoms with Crippen LogP contribution in [0.4, 0.5) is 11.4 Å². The van der Waals surface area contributed by atoms with Gasteiger partial charge in [-0.2, -0.15) is 0 Å². The maximum atomic E-state index is 11.8. The molecule has 0 aliphatic carbocycles. The average molecular weight is 347 g/mol. The van der Waals surface area contributed by atoms with E-state index in [9.17, 15) is 9.59 Å². The molecular formula is C18H19ClN2O3. The molecule has 0 aliphatic rings. The van der Waals surface area contributed by atoms with Crippen LogP contribution >= 0.6 is 11.6 Å². The van der Waals surface area contributed by atoms with Crippen LogP contribution in [-0.4, -0.2) is 25.0 Å². The molecular weight excluding hydrogens is 328 g/mol. The first kappa shape index (κ1) is 18.0. The number of ether oxygens (including phenoxy) is 1. The summed E-state index contributed by atoms with van der Waals surface area (Å²) < 4.78 is 5.14. The second kappa shape index (κ2) is 8.47. The Balaban J connectivity index is 1.76. The molecule has 5 nitrogen and oxygen atoms in total. The SMILES string of the molecule is Cc1cccc(NC(=O)COCC(=O)Nc2cccc(Cl)c2C)c1. The normalized spacial score (nSPS) is 10.3. The Morgan fingerprint density at radius 2 is 1.67 bits per heavy atom. The molecule has 2 aromatic rings. The highest BCUT2D eigenvalue weighted by molar-refractivity contribution is 6.31. The molecule has 0 radical (unpaired) electrons. The predicted molar refractivity (Wildman–Crippen MR) is 95.4 cm³/mol. The van der Waals surface area contributed by atoms with E-state index in [1.54, 1.807) is 24.3 Å². The van der Waals surface area contributed by atoms with Gasteiger partial charge in [-0.15, -0.1) is 0 Å². The van der Waals surface area contributed by atoms with Gasteiger partial charge < -0.3 is 15.4 Å². The average Bonchev–Trinajstić information content (AvgIpc) is 2.52. The third kappa shape index (κ3) is 5.37. The number of carbonyl (C=O) groups excluding carboxylic acids is 2. The van der Waals surface area contributed by atoms with Gasteiger partial charge in [0.2, 0.25) is 11.8 Å². The van der Waals surface area contributed by atoms with Gasteiger partial charge >= 0.3 is 0 Å². The van der Waals surface area contributed by atoms with Crippen molar-refractivity contribution in [2.24, 2.45) is 0 Å². The molecule has 0 spiro atoms. The van der Waals surface area contributed by atoms with E-state index in [-0.39, 0.29) is 25.0 Å². The number of nitrogens with one attached hydrogen (secondary N) is 2. The molecule has 0 saturated carbocycles. The van der Waals surface area contributed by atoms with Crippen molar-refractivity contribution >= 4 is 34.8 Å². The van der Waals surface area contributed by atoms with Gasteiger partial charge in [0.1, 0.15) is 13.2 Å². The first-order chi connectivity index (χ1) is 11.5. The van der Waals surface area contributed by atoms with Crippen LogP contribution in [0.15, 0.2) is 42.5 Å². The molecule has 126 valence electrons. The molecule has 0 aromatic heterocycles. The number of aryl methyl sites for hydroxylation is 1. The summed E-state index contributed by atoms with van der Waals surface area (Å²) >= 11 is 6.00. The lowest BCUT2D eigenvalue weighted by Crippen LogP contribution is -2.24. The lowest BCUT2D eigenvalue weighted by molar-refractivity contribution is -0.125. The van der Waals surface area contributed by atoms with E-state index < -0.39 is 0 Å². The first-order valence-electron chi connectivity index (χ1n) is 7.45. The molecule has 0 aliphatic heterocycles. The van der Waals surface area contributed by atoms with E-state index in [0.29, 0.717) is 16.4 Å². The standard InChI is InChI=1S/C18H19ClN2O3/c1-12-5-3-6-14(9-12)20-17(22)10-24-11-18(23)21-16-8-4-7-15(19)13(16)2/h3-9H,10-11H2,1-2H3,(H,20,22)(H,21,23). The summed E-state index contributed by atoms with van der Waals surface area (Å²) in [7, 11) is 0. The van der Waals surface area contributed by atoms with Crippen molar-refractivity contribution in [3.05, 3.63) is 58.6 Å². The van der Waals surface area contributed by atoms with Crippen molar-refractivity contribution in [3.63, 3.8) is 0 Å². The molecule has 0 bridgehead atoms. The fraction of sp³-hybridized carbons (Fsp3) is 0.222. The van der Waals surface area contributed by atoms with E-state index in [0.717, 1.165) is 11.1 Å². The summed E-state index contributed by atoms with van der Waals surface area (Å²) in [6, 6.07) is 12.7. The summed E-state index contributed by atoms with van der Waals surface area (Å²) in [6.07, 6.45) is 0. The molecule has 2 N–H and O–H groups in total. The molecule has 0 fully saturated rings. The van der Waals surface area contributed by atoms with Crippen LogP contribution in [0.5, 0.6) is 0 Å². The largest absolute Gasteiger partial charge is 0.362 e. The molecule has 6 heteroatoms. The molecule has 0 atom stereocenters. The van der Waals surface area contributed by atoms with Crippen molar-refractivity contribution in [2.45, 2.75) is 13.8 Å². The Morgan fingerprint density at radius 3 is 2.38 bits per heavy atom. The fourth-order valence-electron chi connectivity index (χ4n) is 2.09. The van der Waals surface area contributed by atoms with Crippen molar-refractivity contribution in [2.75, 3.05) is 23.8 Å². The van der Waals surface area contributed by atoms with Crippen LogP contribution in [0.25, 0.3) is 0 Å². The Kier molecular flexibility index (Phi) is 6.35. The van der Waals surface area contributed by atoms with Gasteiger partial charge in [-0.1, -0.05) is 29.8 Å². The molecule has 0 heterocycles. The number of carbonyl (C=O) groups is 2. The highest BCUT2D eigenvalue weighted by atomic mass is 35.5. The second-order valence-corrected chi connectivity index (χ2v) is 5.78. The van der Waals surface area contributed by atoms with Gasteiger partial charge in [0.05, 0.1) is 0 Å². The number of anilines is 2. The molecule has 2 rings (SSSR count). The summed E-state index contributed by atoms with van der Waals surface area (Å²) in [5.41, 5.74) is 3.15. The third-order valence-electron chi connectivity index (χ3n) is 3.31. The topological polar surface area (TPSA) is 67.4 Å². The molecule has 0 unspecified atom stereocenters. The number of benzene rings is 2. The summed E-state index contributed by atoms with van der Waals surface area (Å²) in [4.78, 5) is 23.6. The van der Waals surface area contributed by atoms with Crippen LogP contribution in [0.1, 0.15) is 11.1 Å².